The summed E-state index contributed by atoms with van der Waals surface area (Å²) < 4.78 is 47.6. The van der Waals surface area contributed by atoms with Gasteiger partial charge in [0.15, 0.2) is 5.78 Å². The molecule has 2 aromatic carbocycles. The number of nitro groups is 1. The molecule has 35 heavy (non-hydrogen) atoms. The van der Waals surface area contributed by atoms with E-state index in [1.54, 1.807) is 0 Å². The number of hydrogen-bond acceptors (Lipinski definition) is 6. The second kappa shape index (κ2) is 8.71. The van der Waals surface area contributed by atoms with Crippen LogP contribution < -0.4 is 10.6 Å². The summed E-state index contributed by atoms with van der Waals surface area (Å²) in [5.41, 5.74) is -4.15. The number of halogens is 4. The number of furan rings is 1. The molecule has 1 saturated heterocycles. The van der Waals surface area contributed by atoms with Gasteiger partial charge < -0.3 is 20.2 Å². The van der Waals surface area contributed by atoms with Gasteiger partial charge in [-0.15, -0.1) is 0 Å². The molecule has 3 N–H and O–H groups in total. The van der Waals surface area contributed by atoms with Crippen LogP contribution in [-0.2, 0) is 0 Å². The van der Waals surface area contributed by atoms with Crippen LogP contribution in [0.2, 0.25) is 5.02 Å². The molecule has 4 rings (SSSR count). The lowest BCUT2D eigenvalue weighted by atomic mass is 9.79. The highest BCUT2D eigenvalue weighted by Gasteiger charge is 2.66. The molecule has 0 spiro atoms. The number of rotatable bonds is 5. The average molecular weight is 510 g/mol. The Labute approximate surface area is 199 Å². The summed E-state index contributed by atoms with van der Waals surface area (Å²) >= 11 is 5.80. The SMILES string of the molecule is O=C1N[C@H](c2ccc(-c3cccc([N+](=O)[O-])c3)o2)[C@H](C(=O)c2ccc(Cl)cc2)[C@](O)(C(F)(F)F)N1. The predicted octanol–water partition coefficient (Wildman–Crippen LogP) is 4.61. The monoisotopic (exact) mass is 509 g/mol. The molecule has 2 heterocycles. The van der Waals surface area contributed by atoms with Gasteiger partial charge in [-0.3, -0.25) is 14.9 Å². The first kappa shape index (κ1) is 24.2. The van der Waals surface area contributed by atoms with E-state index in [9.17, 15) is 38.0 Å². The molecule has 3 atom stereocenters. The third-order valence-corrected chi connectivity index (χ3v) is 5.74. The van der Waals surface area contributed by atoms with E-state index in [-0.39, 0.29) is 33.4 Å². The number of alkyl halides is 3. The summed E-state index contributed by atoms with van der Waals surface area (Å²) in [6, 6.07) is 9.64. The molecule has 9 nitrogen and oxygen atoms in total. The van der Waals surface area contributed by atoms with Crippen molar-refractivity contribution >= 4 is 29.1 Å². The Balaban J connectivity index is 1.80. The largest absolute Gasteiger partial charge is 0.459 e. The predicted molar refractivity (Wildman–Crippen MR) is 115 cm³/mol. The fraction of sp³-hybridized carbons (Fsp3) is 0.182. The smallest absolute Gasteiger partial charge is 0.437 e. The molecule has 0 unspecified atom stereocenters. The molecule has 0 saturated carbocycles. The van der Waals surface area contributed by atoms with Gasteiger partial charge in [0.2, 0.25) is 5.72 Å². The van der Waals surface area contributed by atoms with Gasteiger partial charge in [-0.25, -0.2) is 4.79 Å². The van der Waals surface area contributed by atoms with Crippen LogP contribution in [0, 0.1) is 16.0 Å². The van der Waals surface area contributed by atoms with Crippen LogP contribution in [0.25, 0.3) is 11.3 Å². The van der Waals surface area contributed by atoms with Gasteiger partial charge in [-0.05, 0) is 36.4 Å². The third kappa shape index (κ3) is 4.45. The van der Waals surface area contributed by atoms with Crippen LogP contribution in [0.15, 0.2) is 65.1 Å². The zero-order valence-electron chi connectivity index (χ0n) is 17.4. The van der Waals surface area contributed by atoms with Crippen molar-refractivity contribution in [3.8, 4) is 11.3 Å². The lowest BCUT2D eigenvalue weighted by molar-refractivity contribution is -0.384. The van der Waals surface area contributed by atoms with Crippen molar-refractivity contribution in [3.05, 3.63) is 87.1 Å². The highest BCUT2D eigenvalue weighted by atomic mass is 35.5. The van der Waals surface area contributed by atoms with Crippen LogP contribution in [0.1, 0.15) is 22.2 Å². The highest BCUT2D eigenvalue weighted by Crippen LogP contribution is 2.44. The standard InChI is InChI=1S/C22H15ClF3N3O6/c23-13-6-4-11(5-7-13)19(30)17-18(27-20(31)28-21(17,32)22(24,25)26)16-9-8-15(35-16)12-2-1-3-14(10-12)29(33)34/h1-10,17-18,32H,(H2,27,28,31)/t17-,18-,21+/m1/s1. The van der Waals surface area contributed by atoms with Crippen LogP contribution in [0.4, 0.5) is 23.7 Å². The maximum atomic E-state index is 14.0. The molecular formula is C22H15ClF3N3O6. The van der Waals surface area contributed by atoms with Gasteiger partial charge in [-0.1, -0.05) is 23.7 Å². The number of urea groups is 1. The summed E-state index contributed by atoms with van der Waals surface area (Å²) in [7, 11) is 0. The minimum atomic E-state index is -5.44. The van der Waals surface area contributed by atoms with E-state index in [1.807, 2.05) is 0 Å². The molecule has 0 bridgehead atoms. The molecule has 3 aromatic rings. The van der Waals surface area contributed by atoms with E-state index in [2.05, 4.69) is 5.32 Å². The topological polar surface area (TPSA) is 135 Å². The molecule has 182 valence electrons. The number of Topliss-reactive ketones (excluding diaryl/α,β-unsaturated/α-hetero) is 1. The maximum absolute atomic E-state index is 14.0. The Hall–Kier alpha value is -3.90. The van der Waals surface area contributed by atoms with Gasteiger partial charge in [0.1, 0.15) is 23.5 Å². The van der Waals surface area contributed by atoms with Crippen molar-refractivity contribution in [1.29, 1.82) is 0 Å². The quantitative estimate of drug-likeness (QED) is 0.261. The number of hydrogen-bond donors (Lipinski definition) is 3. The lowest BCUT2D eigenvalue weighted by Gasteiger charge is -2.44. The highest BCUT2D eigenvalue weighted by molar-refractivity contribution is 6.30. The van der Waals surface area contributed by atoms with Crippen LogP contribution in [-0.4, -0.2) is 33.7 Å². The molecule has 1 fully saturated rings. The summed E-state index contributed by atoms with van der Waals surface area (Å²) in [5.74, 6) is -3.70. The number of carbonyl (C=O) groups is 2. The van der Waals surface area contributed by atoms with Crippen molar-refractivity contribution in [2.45, 2.75) is 17.9 Å². The first-order chi connectivity index (χ1) is 16.4. The van der Waals surface area contributed by atoms with E-state index in [0.717, 1.165) is 0 Å². The number of benzene rings is 2. The fourth-order valence-corrected chi connectivity index (χ4v) is 3.94. The number of aliphatic hydroxyl groups is 1. The number of ketones is 1. The number of nitro benzene ring substituents is 1. The van der Waals surface area contributed by atoms with Gasteiger partial charge in [-0.2, -0.15) is 13.2 Å². The summed E-state index contributed by atoms with van der Waals surface area (Å²) in [6.07, 6.45) is -5.44. The summed E-state index contributed by atoms with van der Waals surface area (Å²) in [6.45, 7) is 0. The maximum Gasteiger partial charge on any atom is 0.437 e. The number of carbonyl (C=O) groups excluding carboxylic acids is 2. The average Bonchev–Trinajstić information content (AvgIpc) is 3.28. The lowest BCUT2D eigenvalue weighted by Crippen LogP contribution is -2.72. The molecule has 0 aliphatic carbocycles. The summed E-state index contributed by atoms with van der Waals surface area (Å²) in [5, 5.41) is 25.5. The van der Waals surface area contributed by atoms with Gasteiger partial charge in [0, 0.05) is 28.3 Å². The first-order valence-corrected chi connectivity index (χ1v) is 10.3. The zero-order chi connectivity index (χ0) is 25.5. The second-order valence-corrected chi connectivity index (χ2v) is 8.13. The van der Waals surface area contributed by atoms with Crippen molar-refractivity contribution in [1.82, 2.24) is 10.6 Å². The number of nitrogens with zero attached hydrogens (tertiary/aromatic N) is 1. The Morgan fingerprint density at radius 1 is 1.14 bits per heavy atom. The van der Waals surface area contributed by atoms with Crippen molar-refractivity contribution in [2.24, 2.45) is 5.92 Å². The van der Waals surface area contributed by atoms with E-state index in [0.29, 0.717) is 0 Å². The fourth-order valence-electron chi connectivity index (χ4n) is 3.82. The van der Waals surface area contributed by atoms with Crippen molar-refractivity contribution < 1.29 is 37.2 Å². The second-order valence-electron chi connectivity index (χ2n) is 7.70. The van der Waals surface area contributed by atoms with E-state index in [1.165, 1.54) is 66.0 Å². The van der Waals surface area contributed by atoms with E-state index >= 15 is 0 Å². The molecule has 1 aliphatic heterocycles. The van der Waals surface area contributed by atoms with E-state index in [4.69, 9.17) is 16.0 Å². The summed E-state index contributed by atoms with van der Waals surface area (Å²) in [4.78, 5) is 35.8. The van der Waals surface area contributed by atoms with Crippen LogP contribution >= 0.6 is 11.6 Å². The Morgan fingerprint density at radius 3 is 2.46 bits per heavy atom. The van der Waals surface area contributed by atoms with E-state index < -0.39 is 40.6 Å². The van der Waals surface area contributed by atoms with Crippen molar-refractivity contribution in [2.75, 3.05) is 0 Å². The number of amides is 2. The van der Waals surface area contributed by atoms with Crippen LogP contribution in [0.5, 0.6) is 0 Å². The minimum absolute atomic E-state index is 0.0322. The number of non-ortho nitro benzene ring substituents is 1. The van der Waals surface area contributed by atoms with Gasteiger partial charge in [0.05, 0.1) is 4.92 Å². The van der Waals surface area contributed by atoms with Gasteiger partial charge in [0.25, 0.3) is 5.69 Å². The molecular weight excluding hydrogens is 495 g/mol. The zero-order valence-corrected chi connectivity index (χ0v) is 18.1. The minimum Gasteiger partial charge on any atom is -0.459 e. The Bertz CT molecular complexity index is 1310. The van der Waals surface area contributed by atoms with Crippen molar-refractivity contribution in [3.63, 3.8) is 0 Å². The Kier molecular flexibility index (Phi) is 6.03. The molecule has 1 aliphatic rings. The molecule has 2 amide bonds. The molecule has 1 aromatic heterocycles. The molecule has 13 heteroatoms. The normalized spacial score (nSPS) is 22.3. The third-order valence-electron chi connectivity index (χ3n) is 5.49. The molecule has 0 radical (unpaired) electrons. The van der Waals surface area contributed by atoms with Gasteiger partial charge >= 0.3 is 12.2 Å². The first-order valence-electron chi connectivity index (χ1n) is 9.93. The van der Waals surface area contributed by atoms with Crippen LogP contribution in [0.3, 0.4) is 0 Å². The Morgan fingerprint density at radius 2 is 1.83 bits per heavy atom. The number of nitrogens with one attached hydrogen (secondary N) is 2.